The van der Waals surface area contributed by atoms with Crippen molar-refractivity contribution < 1.29 is 23.1 Å². The van der Waals surface area contributed by atoms with Crippen LogP contribution in [0, 0.1) is 0 Å². The molecule has 2 N–H and O–H groups in total. The molecule has 18 heavy (non-hydrogen) atoms. The lowest BCUT2D eigenvalue weighted by Gasteiger charge is -2.17. The van der Waals surface area contributed by atoms with E-state index < -0.39 is 22.1 Å². The molecular formula is C10H10N2O5S. The van der Waals surface area contributed by atoms with Crippen LogP contribution in [-0.2, 0) is 26.2 Å². The van der Waals surface area contributed by atoms with Gasteiger partial charge in [0.15, 0.2) is 0 Å². The van der Waals surface area contributed by atoms with Crippen molar-refractivity contribution in [1.82, 2.24) is 4.72 Å². The van der Waals surface area contributed by atoms with Gasteiger partial charge >= 0.3 is 16.2 Å². The van der Waals surface area contributed by atoms with Crippen LogP contribution in [0.1, 0.15) is 5.56 Å². The summed E-state index contributed by atoms with van der Waals surface area (Å²) in [4.78, 5) is 21.8. The molecule has 1 aliphatic rings. The molecule has 1 aliphatic heterocycles. The van der Waals surface area contributed by atoms with Gasteiger partial charge in [0.05, 0.1) is 12.1 Å². The van der Waals surface area contributed by atoms with Crippen LogP contribution in [0.3, 0.4) is 0 Å². The Balaban J connectivity index is 2.45. The van der Waals surface area contributed by atoms with E-state index in [9.17, 15) is 18.0 Å². The molecule has 8 heteroatoms. The molecule has 7 nitrogen and oxygen atoms in total. The highest BCUT2D eigenvalue weighted by Gasteiger charge is 2.35. The number of hydrogen-bond donors (Lipinski definition) is 2. The summed E-state index contributed by atoms with van der Waals surface area (Å²) in [6.45, 7) is -0.334. The Kier molecular flexibility index (Phi) is 2.95. The summed E-state index contributed by atoms with van der Waals surface area (Å²) < 4.78 is 26.0. The van der Waals surface area contributed by atoms with Crippen LogP contribution < -0.4 is 9.03 Å². The smallest absolute Gasteiger partial charge is 0.326 e. The van der Waals surface area contributed by atoms with E-state index in [1.807, 2.05) is 4.72 Å². The first-order chi connectivity index (χ1) is 8.40. The van der Waals surface area contributed by atoms with E-state index in [1.165, 1.54) is 12.1 Å². The fraction of sp³-hybridized carbons (Fsp3) is 0.200. The van der Waals surface area contributed by atoms with Crippen LogP contribution in [0.5, 0.6) is 0 Å². The zero-order chi connectivity index (χ0) is 13.3. The number of anilines is 1. The Morgan fingerprint density at radius 2 is 2.06 bits per heavy atom. The molecule has 0 unspecified atom stereocenters. The number of nitrogens with one attached hydrogen (secondary N) is 1. The molecule has 1 saturated heterocycles. The molecule has 0 atom stereocenters. The highest BCUT2D eigenvalue weighted by molar-refractivity contribution is 7.92. The molecule has 1 aromatic rings. The first kappa shape index (κ1) is 12.4. The second-order valence-electron chi connectivity index (χ2n) is 3.74. The maximum atomic E-state index is 11.7. The first-order valence-corrected chi connectivity index (χ1v) is 6.47. The van der Waals surface area contributed by atoms with Gasteiger partial charge in [-0.1, -0.05) is 18.2 Å². The summed E-state index contributed by atoms with van der Waals surface area (Å²) in [5.41, 5.74) is 0.545. The second kappa shape index (κ2) is 4.30. The van der Waals surface area contributed by atoms with E-state index in [0.29, 0.717) is 5.56 Å². The Labute approximate surface area is 103 Å². The number of rotatable bonds is 3. The molecule has 2 rings (SSSR count). The van der Waals surface area contributed by atoms with Crippen molar-refractivity contribution in [2.45, 2.75) is 6.42 Å². The maximum Gasteiger partial charge on any atom is 0.326 e. The zero-order valence-corrected chi connectivity index (χ0v) is 9.98. The fourth-order valence-electron chi connectivity index (χ4n) is 1.73. The molecule has 1 heterocycles. The SMILES string of the molecule is O=C(O)Cc1ccccc1N1CC(=O)NS1(=O)=O. The van der Waals surface area contributed by atoms with Crippen LogP contribution in [0.25, 0.3) is 0 Å². The van der Waals surface area contributed by atoms with Crippen molar-refractivity contribution in [3.05, 3.63) is 29.8 Å². The Morgan fingerprint density at radius 3 is 2.61 bits per heavy atom. The Bertz CT molecular complexity index is 610. The molecule has 1 fully saturated rings. The van der Waals surface area contributed by atoms with Crippen molar-refractivity contribution in [3.8, 4) is 0 Å². The van der Waals surface area contributed by atoms with Gasteiger partial charge < -0.3 is 5.11 Å². The molecule has 0 radical (unpaired) electrons. The van der Waals surface area contributed by atoms with Crippen LogP contribution in [0.4, 0.5) is 5.69 Å². The van der Waals surface area contributed by atoms with Crippen molar-refractivity contribution in [3.63, 3.8) is 0 Å². The van der Waals surface area contributed by atoms with E-state index >= 15 is 0 Å². The molecule has 0 aliphatic carbocycles. The van der Waals surface area contributed by atoms with Gasteiger partial charge in [0, 0.05) is 0 Å². The van der Waals surface area contributed by atoms with Gasteiger partial charge in [-0.3, -0.25) is 9.59 Å². The molecule has 0 spiro atoms. The lowest BCUT2D eigenvalue weighted by molar-refractivity contribution is -0.136. The van der Waals surface area contributed by atoms with E-state index in [1.54, 1.807) is 12.1 Å². The summed E-state index contributed by atoms with van der Waals surface area (Å²) in [5, 5.41) is 8.77. The molecule has 0 bridgehead atoms. The third-order valence-corrected chi connectivity index (χ3v) is 3.81. The number of para-hydroxylation sites is 1. The number of benzene rings is 1. The van der Waals surface area contributed by atoms with Gasteiger partial charge in [0.25, 0.3) is 5.91 Å². The van der Waals surface area contributed by atoms with Gasteiger partial charge in [-0.15, -0.1) is 0 Å². The molecule has 96 valence electrons. The van der Waals surface area contributed by atoms with Crippen LogP contribution in [0.15, 0.2) is 24.3 Å². The van der Waals surface area contributed by atoms with Crippen LogP contribution in [0.2, 0.25) is 0 Å². The predicted molar refractivity (Wildman–Crippen MR) is 62.2 cm³/mol. The lowest BCUT2D eigenvalue weighted by Crippen LogP contribution is -2.30. The van der Waals surface area contributed by atoms with Crippen LogP contribution in [-0.4, -0.2) is 31.9 Å². The first-order valence-electron chi connectivity index (χ1n) is 5.03. The normalized spacial score (nSPS) is 17.6. The van der Waals surface area contributed by atoms with Gasteiger partial charge in [0.2, 0.25) is 0 Å². The Hall–Kier alpha value is -2.09. The zero-order valence-electron chi connectivity index (χ0n) is 9.16. The number of aliphatic carboxylic acids is 1. The third-order valence-electron chi connectivity index (χ3n) is 2.42. The minimum atomic E-state index is -3.91. The summed E-state index contributed by atoms with van der Waals surface area (Å²) in [6.07, 6.45) is -0.309. The number of carbonyl (C=O) groups excluding carboxylic acids is 1. The molecule has 1 aromatic carbocycles. The minimum Gasteiger partial charge on any atom is -0.481 e. The van der Waals surface area contributed by atoms with Crippen molar-refractivity contribution >= 4 is 27.8 Å². The second-order valence-corrected chi connectivity index (χ2v) is 5.33. The average Bonchev–Trinajstić information content (AvgIpc) is 2.52. The highest BCUT2D eigenvalue weighted by atomic mass is 32.2. The molecule has 1 amide bonds. The number of carbonyl (C=O) groups is 2. The number of nitrogens with zero attached hydrogens (tertiary/aromatic N) is 1. The standard InChI is InChI=1S/C10H10N2O5S/c13-9-6-12(18(16,17)11-9)8-4-2-1-3-7(8)5-10(14)15/h1-4H,5-6H2,(H,11,13)(H,14,15). The summed E-state index contributed by atoms with van der Waals surface area (Å²) in [5.74, 6) is -1.71. The van der Waals surface area contributed by atoms with E-state index in [-0.39, 0.29) is 18.7 Å². The van der Waals surface area contributed by atoms with Gasteiger partial charge in [-0.05, 0) is 11.6 Å². The highest BCUT2D eigenvalue weighted by Crippen LogP contribution is 2.25. The van der Waals surface area contributed by atoms with Crippen LogP contribution >= 0.6 is 0 Å². The lowest BCUT2D eigenvalue weighted by atomic mass is 10.1. The van der Waals surface area contributed by atoms with E-state index in [4.69, 9.17) is 5.11 Å². The fourth-order valence-corrected chi connectivity index (χ4v) is 2.91. The Morgan fingerprint density at radius 1 is 1.39 bits per heavy atom. The summed E-state index contributed by atoms with van der Waals surface area (Å²) >= 11 is 0. The van der Waals surface area contributed by atoms with E-state index in [0.717, 1.165) is 4.31 Å². The number of hydrogen-bond acceptors (Lipinski definition) is 4. The van der Waals surface area contributed by atoms with Gasteiger partial charge in [-0.2, -0.15) is 8.42 Å². The minimum absolute atomic E-state index is 0.207. The summed E-state index contributed by atoms with van der Waals surface area (Å²) in [6, 6.07) is 6.18. The third kappa shape index (κ3) is 2.28. The van der Waals surface area contributed by atoms with Crippen molar-refractivity contribution in [2.75, 3.05) is 10.8 Å². The van der Waals surface area contributed by atoms with Crippen molar-refractivity contribution in [1.29, 1.82) is 0 Å². The molecule has 0 aromatic heterocycles. The number of amides is 1. The predicted octanol–water partition coefficient (Wildman–Crippen LogP) is -0.505. The molecule has 0 saturated carbocycles. The summed E-state index contributed by atoms with van der Waals surface area (Å²) in [7, 11) is -3.91. The maximum absolute atomic E-state index is 11.7. The average molecular weight is 270 g/mol. The van der Waals surface area contributed by atoms with Crippen molar-refractivity contribution in [2.24, 2.45) is 0 Å². The molecular weight excluding hydrogens is 260 g/mol. The van der Waals surface area contributed by atoms with Gasteiger partial charge in [-0.25, -0.2) is 9.03 Å². The number of carboxylic acids is 1. The number of carboxylic acid groups (broad SMARTS) is 1. The monoisotopic (exact) mass is 270 g/mol. The topological polar surface area (TPSA) is 104 Å². The van der Waals surface area contributed by atoms with Gasteiger partial charge in [0.1, 0.15) is 6.54 Å². The van der Waals surface area contributed by atoms with E-state index in [2.05, 4.69) is 0 Å². The largest absolute Gasteiger partial charge is 0.481 e. The quantitative estimate of drug-likeness (QED) is 0.770.